The van der Waals surface area contributed by atoms with Crippen LogP contribution in [-0.4, -0.2) is 36.5 Å². The Bertz CT molecular complexity index is 197. The molecule has 0 bridgehead atoms. The Morgan fingerprint density at radius 1 is 1.07 bits per heavy atom. The van der Waals surface area contributed by atoms with Crippen LogP contribution < -0.4 is 5.32 Å². The number of carbonyl (C=O) groups excluding carboxylic acids is 1. The number of likely N-dealkylation sites (tertiary alicyclic amines) is 1. The lowest BCUT2D eigenvalue weighted by molar-refractivity contribution is -0.133. The van der Waals surface area contributed by atoms with E-state index >= 15 is 0 Å². The molecule has 0 aromatic carbocycles. The second-order valence-corrected chi connectivity index (χ2v) is 4.39. The standard InChI is InChI=1S/C11H20N2O.ClH/c14-11(10-6-5-7-12-10)13-8-3-1-2-4-9-13;/h10,12H,1-9H2;1H. The lowest BCUT2D eigenvalue weighted by atomic mass is 10.2. The molecule has 4 heteroatoms. The van der Waals surface area contributed by atoms with Gasteiger partial charge in [-0.1, -0.05) is 12.8 Å². The third-order valence-corrected chi connectivity index (χ3v) is 3.28. The van der Waals surface area contributed by atoms with E-state index in [0.717, 1.165) is 32.5 Å². The molecule has 15 heavy (non-hydrogen) atoms. The molecule has 0 aromatic rings. The van der Waals surface area contributed by atoms with Gasteiger partial charge in [-0.3, -0.25) is 4.79 Å². The highest BCUT2D eigenvalue weighted by Crippen LogP contribution is 2.14. The van der Waals surface area contributed by atoms with Crippen LogP contribution in [0.2, 0.25) is 0 Å². The van der Waals surface area contributed by atoms with Crippen molar-refractivity contribution in [1.82, 2.24) is 10.2 Å². The fraction of sp³-hybridized carbons (Fsp3) is 0.909. The van der Waals surface area contributed by atoms with Crippen LogP contribution in [0, 0.1) is 0 Å². The summed E-state index contributed by atoms with van der Waals surface area (Å²) in [6.07, 6.45) is 7.17. The SMILES string of the molecule is Cl.O=C(C1CCCN1)N1CCCCCC1. The minimum atomic E-state index is 0. The van der Waals surface area contributed by atoms with Crippen molar-refractivity contribution in [2.24, 2.45) is 0 Å². The van der Waals surface area contributed by atoms with E-state index in [1.807, 2.05) is 0 Å². The maximum Gasteiger partial charge on any atom is 0.239 e. The lowest BCUT2D eigenvalue weighted by Crippen LogP contribution is -2.43. The van der Waals surface area contributed by atoms with Crippen molar-refractivity contribution in [3.8, 4) is 0 Å². The molecule has 88 valence electrons. The zero-order valence-electron chi connectivity index (χ0n) is 9.21. The van der Waals surface area contributed by atoms with Crippen molar-refractivity contribution in [3.05, 3.63) is 0 Å². The van der Waals surface area contributed by atoms with E-state index in [4.69, 9.17) is 0 Å². The molecule has 2 heterocycles. The molecular weight excluding hydrogens is 212 g/mol. The molecule has 0 radical (unpaired) electrons. The van der Waals surface area contributed by atoms with Gasteiger partial charge in [-0.25, -0.2) is 0 Å². The van der Waals surface area contributed by atoms with Crippen molar-refractivity contribution in [1.29, 1.82) is 0 Å². The van der Waals surface area contributed by atoms with Gasteiger partial charge in [0.25, 0.3) is 0 Å². The molecule has 2 rings (SSSR count). The first-order chi connectivity index (χ1) is 6.88. The van der Waals surface area contributed by atoms with Crippen LogP contribution in [0.1, 0.15) is 38.5 Å². The van der Waals surface area contributed by atoms with Crippen molar-refractivity contribution < 1.29 is 4.79 Å². The van der Waals surface area contributed by atoms with Gasteiger partial charge in [0.2, 0.25) is 5.91 Å². The van der Waals surface area contributed by atoms with Crippen molar-refractivity contribution in [2.45, 2.75) is 44.6 Å². The van der Waals surface area contributed by atoms with E-state index in [-0.39, 0.29) is 18.4 Å². The average molecular weight is 233 g/mol. The fourth-order valence-corrected chi connectivity index (χ4v) is 2.41. The predicted octanol–water partition coefficient (Wildman–Crippen LogP) is 1.56. The number of carbonyl (C=O) groups is 1. The van der Waals surface area contributed by atoms with E-state index in [1.165, 1.54) is 25.7 Å². The summed E-state index contributed by atoms with van der Waals surface area (Å²) in [6, 6.07) is 0.132. The van der Waals surface area contributed by atoms with Crippen LogP contribution in [0.4, 0.5) is 0 Å². The Hall–Kier alpha value is -0.280. The number of hydrogen-bond acceptors (Lipinski definition) is 2. The third-order valence-electron chi connectivity index (χ3n) is 3.28. The number of rotatable bonds is 1. The van der Waals surface area contributed by atoms with Gasteiger partial charge in [0, 0.05) is 13.1 Å². The maximum atomic E-state index is 12.0. The highest BCUT2D eigenvalue weighted by molar-refractivity contribution is 5.85. The first-order valence-electron chi connectivity index (χ1n) is 5.90. The number of amides is 1. The van der Waals surface area contributed by atoms with Gasteiger partial charge in [-0.05, 0) is 32.2 Å². The van der Waals surface area contributed by atoms with Crippen molar-refractivity contribution in [3.63, 3.8) is 0 Å². The first kappa shape index (κ1) is 12.8. The molecule has 1 atom stereocenters. The number of hydrogen-bond donors (Lipinski definition) is 1. The highest BCUT2D eigenvalue weighted by atomic mass is 35.5. The summed E-state index contributed by atoms with van der Waals surface area (Å²) in [4.78, 5) is 14.1. The molecular formula is C11H21ClN2O. The van der Waals surface area contributed by atoms with Crippen LogP contribution >= 0.6 is 12.4 Å². The summed E-state index contributed by atoms with van der Waals surface area (Å²) in [5, 5.41) is 3.28. The van der Waals surface area contributed by atoms with Gasteiger partial charge in [-0.2, -0.15) is 0 Å². The second-order valence-electron chi connectivity index (χ2n) is 4.39. The monoisotopic (exact) mass is 232 g/mol. The van der Waals surface area contributed by atoms with Crippen LogP contribution in [0.3, 0.4) is 0 Å². The van der Waals surface area contributed by atoms with Gasteiger partial charge in [0.15, 0.2) is 0 Å². The van der Waals surface area contributed by atoms with Crippen LogP contribution in [0.25, 0.3) is 0 Å². The molecule has 1 N–H and O–H groups in total. The Balaban J connectivity index is 0.00000112. The molecule has 0 aliphatic carbocycles. The van der Waals surface area contributed by atoms with E-state index in [0.29, 0.717) is 5.91 Å². The van der Waals surface area contributed by atoms with Gasteiger partial charge < -0.3 is 10.2 Å². The first-order valence-corrected chi connectivity index (χ1v) is 5.90. The minimum Gasteiger partial charge on any atom is -0.341 e. The van der Waals surface area contributed by atoms with E-state index < -0.39 is 0 Å². The topological polar surface area (TPSA) is 32.3 Å². The minimum absolute atomic E-state index is 0. The van der Waals surface area contributed by atoms with Gasteiger partial charge in [0.1, 0.15) is 0 Å². The summed E-state index contributed by atoms with van der Waals surface area (Å²) in [5.41, 5.74) is 0. The Morgan fingerprint density at radius 3 is 2.27 bits per heavy atom. The van der Waals surface area contributed by atoms with Gasteiger partial charge in [0.05, 0.1) is 6.04 Å². The number of halogens is 1. The summed E-state index contributed by atoms with van der Waals surface area (Å²) in [6.45, 7) is 2.98. The molecule has 2 aliphatic heterocycles. The Kier molecular flexibility index (Phi) is 5.40. The van der Waals surface area contributed by atoms with Crippen LogP contribution in [0.15, 0.2) is 0 Å². The summed E-state index contributed by atoms with van der Waals surface area (Å²) in [5.74, 6) is 0.351. The summed E-state index contributed by atoms with van der Waals surface area (Å²) >= 11 is 0. The molecule has 1 amide bonds. The molecule has 0 spiro atoms. The Labute approximate surface area is 98.0 Å². The number of nitrogens with zero attached hydrogens (tertiary/aromatic N) is 1. The molecule has 0 saturated carbocycles. The second kappa shape index (κ2) is 6.33. The molecule has 0 aromatic heterocycles. The average Bonchev–Trinajstić information content (AvgIpc) is 2.59. The predicted molar refractivity (Wildman–Crippen MR) is 63.3 cm³/mol. The summed E-state index contributed by atoms with van der Waals surface area (Å²) in [7, 11) is 0. The van der Waals surface area contributed by atoms with Gasteiger partial charge >= 0.3 is 0 Å². The third kappa shape index (κ3) is 3.35. The fourth-order valence-electron chi connectivity index (χ4n) is 2.41. The van der Waals surface area contributed by atoms with E-state index in [1.54, 1.807) is 0 Å². The Morgan fingerprint density at radius 2 is 1.73 bits per heavy atom. The smallest absolute Gasteiger partial charge is 0.239 e. The normalized spacial score (nSPS) is 26.9. The largest absolute Gasteiger partial charge is 0.341 e. The molecule has 1 unspecified atom stereocenters. The van der Waals surface area contributed by atoms with E-state index in [2.05, 4.69) is 10.2 Å². The lowest BCUT2D eigenvalue weighted by Gasteiger charge is -2.23. The van der Waals surface area contributed by atoms with E-state index in [9.17, 15) is 4.79 Å². The maximum absolute atomic E-state index is 12.0. The zero-order valence-corrected chi connectivity index (χ0v) is 10.0. The zero-order chi connectivity index (χ0) is 9.80. The van der Waals surface area contributed by atoms with Crippen molar-refractivity contribution in [2.75, 3.05) is 19.6 Å². The quantitative estimate of drug-likeness (QED) is 0.744. The number of nitrogens with one attached hydrogen (secondary N) is 1. The van der Waals surface area contributed by atoms with Gasteiger partial charge in [-0.15, -0.1) is 12.4 Å². The summed E-state index contributed by atoms with van der Waals surface area (Å²) < 4.78 is 0. The van der Waals surface area contributed by atoms with Crippen molar-refractivity contribution >= 4 is 18.3 Å². The molecule has 2 saturated heterocycles. The van der Waals surface area contributed by atoms with Crippen LogP contribution in [-0.2, 0) is 4.79 Å². The highest BCUT2D eigenvalue weighted by Gasteiger charge is 2.26. The molecule has 2 fully saturated rings. The van der Waals surface area contributed by atoms with Crippen LogP contribution in [0.5, 0.6) is 0 Å². The molecule has 3 nitrogen and oxygen atoms in total. The molecule has 2 aliphatic rings.